The molecule has 1 aromatic carbocycles. The van der Waals surface area contributed by atoms with Crippen LogP contribution in [0, 0.1) is 18.6 Å². The maximum Gasteiger partial charge on any atom is 0.256 e. The number of hydrogen-bond acceptors (Lipinski definition) is 5. The van der Waals surface area contributed by atoms with Crippen molar-refractivity contribution < 1.29 is 18.7 Å². The lowest BCUT2D eigenvalue weighted by molar-refractivity contribution is -0.157. The molecule has 0 spiro atoms. The summed E-state index contributed by atoms with van der Waals surface area (Å²) in [6, 6.07) is 3.57. The number of rotatable bonds is 6. The lowest BCUT2D eigenvalue weighted by atomic mass is 9.91. The summed E-state index contributed by atoms with van der Waals surface area (Å²) >= 11 is 1.55. The fourth-order valence-electron chi connectivity index (χ4n) is 3.13. The maximum atomic E-state index is 13.4. The molecule has 2 N–H and O–H groups in total. The first-order chi connectivity index (χ1) is 12.4. The van der Waals surface area contributed by atoms with Gasteiger partial charge in [0, 0.05) is 31.6 Å². The van der Waals surface area contributed by atoms with Crippen LogP contribution in [0.3, 0.4) is 0 Å². The van der Waals surface area contributed by atoms with E-state index in [1.165, 1.54) is 11.0 Å². The van der Waals surface area contributed by atoms with Crippen LogP contribution in [0.5, 0.6) is 0 Å². The third-order valence-corrected chi connectivity index (χ3v) is 5.27. The minimum Gasteiger partial charge on any atom is -0.379 e. The number of aliphatic hydroxyl groups is 1. The van der Waals surface area contributed by atoms with Crippen LogP contribution in [-0.4, -0.2) is 39.6 Å². The Hall–Kier alpha value is -1.90. The molecule has 2 heterocycles. The zero-order chi connectivity index (χ0) is 18.7. The van der Waals surface area contributed by atoms with Gasteiger partial charge in [-0.1, -0.05) is 6.07 Å². The van der Waals surface area contributed by atoms with Gasteiger partial charge < -0.3 is 15.3 Å². The van der Waals surface area contributed by atoms with Crippen molar-refractivity contribution in [1.29, 1.82) is 0 Å². The highest BCUT2D eigenvalue weighted by Gasteiger charge is 2.41. The van der Waals surface area contributed by atoms with Crippen LogP contribution < -0.4 is 5.32 Å². The molecule has 1 aromatic heterocycles. The second kappa shape index (κ2) is 7.77. The monoisotopic (exact) mass is 381 g/mol. The van der Waals surface area contributed by atoms with Crippen LogP contribution in [0.4, 0.5) is 8.78 Å². The number of nitrogens with one attached hydrogen (secondary N) is 1. The number of halogens is 2. The lowest BCUT2D eigenvalue weighted by Gasteiger charge is -2.38. The molecule has 0 bridgehead atoms. The molecule has 1 saturated heterocycles. The largest absolute Gasteiger partial charge is 0.379 e. The van der Waals surface area contributed by atoms with Crippen molar-refractivity contribution in [2.24, 2.45) is 0 Å². The highest BCUT2D eigenvalue weighted by molar-refractivity contribution is 7.09. The number of hydrogen-bond donors (Lipinski definition) is 2. The van der Waals surface area contributed by atoms with Crippen LogP contribution in [0.1, 0.15) is 29.1 Å². The first kappa shape index (κ1) is 18.9. The van der Waals surface area contributed by atoms with Crippen LogP contribution >= 0.6 is 11.3 Å². The van der Waals surface area contributed by atoms with E-state index in [1.54, 1.807) is 11.3 Å². The zero-order valence-electron chi connectivity index (χ0n) is 14.5. The van der Waals surface area contributed by atoms with Gasteiger partial charge in [0.05, 0.1) is 10.7 Å². The summed E-state index contributed by atoms with van der Waals surface area (Å²) in [6.07, 6.45) is 1.01. The van der Waals surface area contributed by atoms with Crippen molar-refractivity contribution in [2.75, 3.05) is 13.1 Å². The van der Waals surface area contributed by atoms with Gasteiger partial charge in [-0.25, -0.2) is 13.8 Å². The molecule has 140 valence electrons. The van der Waals surface area contributed by atoms with Crippen molar-refractivity contribution in [1.82, 2.24) is 15.2 Å². The van der Waals surface area contributed by atoms with Gasteiger partial charge in [-0.3, -0.25) is 4.79 Å². The molecule has 1 aliphatic heterocycles. The summed E-state index contributed by atoms with van der Waals surface area (Å²) in [5.74, 6) is -2.26. The van der Waals surface area contributed by atoms with Crippen LogP contribution in [0.25, 0.3) is 0 Å². The van der Waals surface area contributed by atoms with Crippen LogP contribution in [0.2, 0.25) is 0 Å². The molecule has 1 fully saturated rings. The predicted molar refractivity (Wildman–Crippen MR) is 94.5 cm³/mol. The number of benzene rings is 1. The molecule has 1 aliphatic rings. The Kier molecular flexibility index (Phi) is 5.64. The Morgan fingerprint density at radius 3 is 2.88 bits per heavy atom. The smallest absolute Gasteiger partial charge is 0.256 e. The zero-order valence-corrected chi connectivity index (χ0v) is 15.3. The van der Waals surface area contributed by atoms with Crippen LogP contribution in [-0.2, 0) is 17.9 Å². The fourth-order valence-corrected chi connectivity index (χ4v) is 3.74. The molecule has 0 aliphatic carbocycles. The second-order valence-electron chi connectivity index (χ2n) is 6.57. The van der Waals surface area contributed by atoms with E-state index in [9.17, 15) is 18.7 Å². The van der Waals surface area contributed by atoms with Gasteiger partial charge in [0.15, 0.2) is 17.2 Å². The van der Waals surface area contributed by atoms with E-state index in [0.29, 0.717) is 31.5 Å². The minimum absolute atomic E-state index is 0.122. The first-order valence-electron chi connectivity index (χ1n) is 8.45. The molecule has 1 amide bonds. The van der Waals surface area contributed by atoms with Crippen molar-refractivity contribution in [3.63, 3.8) is 0 Å². The van der Waals surface area contributed by atoms with Gasteiger partial charge in [-0.2, -0.15) is 0 Å². The molecule has 3 rings (SSSR count). The number of thiazole rings is 1. The Morgan fingerprint density at radius 2 is 2.19 bits per heavy atom. The topological polar surface area (TPSA) is 65.5 Å². The molecular formula is C18H21F2N3O2S. The number of aromatic nitrogens is 1. The van der Waals surface area contributed by atoms with E-state index in [-0.39, 0.29) is 13.1 Å². The number of amides is 1. The normalized spacial score (nSPS) is 20.6. The number of aryl methyl sites for hydroxylation is 1. The maximum absolute atomic E-state index is 13.4. The summed E-state index contributed by atoms with van der Waals surface area (Å²) in [5.41, 5.74) is -0.132. The summed E-state index contributed by atoms with van der Waals surface area (Å²) in [6.45, 7) is 3.14. The van der Waals surface area contributed by atoms with E-state index >= 15 is 0 Å². The molecule has 26 heavy (non-hydrogen) atoms. The summed E-state index contributed by atoms with van der Waals surface area (Å²) < 4.78 is 26.4. The van der Waals surface area contributed by atoms with Gasteiger partial charge in [-0.05, 0) is 37.5 Å². The minimum atomic E-state index is -1.50. The van der Waals surface area contributed by atoms with Gasteiger partial charge in [0.25, 0.3) is 5.91 Å². The standard InChI is InChI=1S/C18H21F2N3O2S/c1-12-22-14(10-26-12)8-21-11-18(25)5-2-6-23(17(18)24)9-13-3-4-15(19)16(20)7-13/h3-4,7,10,21,25H,2,5-6,8-9,11H2,1H3/t18-/m1/s1. The Labute approximate surface area is 154 Å². The van der Waals surface area contributed by atoms with Crippen molar-refractivity contribution >= 4 is 17.2 Å². The fraction of sp³-hybridized carbons (Fsp3) is 0.444. The van der Waals surface area contributed by atoms with Crippen molar-refractivity contribution in [3.8, 4) is 0 Å². The van der Waals surface area contributed by atoms with E-state index in [0.717, 1.165) is 22.8 Å². The predicted octanol–water partition coefficient (Wildman–Crippen LogP) is 2.37. The third kappa shape index (κ3) is 4.25. The number of carbonyl (C=O) groups excluding carboxylic acids is 1. The average molecular weight is 381 g/mol. The highest BCUT2D eigenvalue weighted by Crippen LogP contribution is 2.24. The molecule has 0 saturated carbocycles. The lowest BCUT2D eigenvalue weighted by Crippen LogP contribution is -2.57. The van der Waals surface area contributed by atoms with Gasteiger partial charge in [0.2, 0.25) is 0 Å². The molecule has 1 atom stereocenters. The summed E-state index contributed by atoms with van der Waals surface area (Å²) in [7, 11) is 0. The van der Waals surface area contributed by atoms with E-state index in [1.807, 2.05) is 12.3 Å². The third-order valence-electron chi connectivity index (χ3n) is 4.45. The van der Waals surface area contributed by atoms with Crippen molar-refractivity contribution in [3.05, 3.63) is 51.5 Å². The second-order valence-corrected chi connectivity index (χ2v) is 7.63. The van der Waals surface area contributed by atoms with Crippen molar-refractivity contribution in [2.45, 2.75) is 38.5 Å². The molecule has 8 heteroatoms. The summed E-state index contributed by atoms with van der Waals surface area (Å²) in [4.78, 5) is 18.5. The number of likely N-dealkylation sites (tertiary alicyclic amines) is 1. The average Bonchev–Trinajstić information content (AvgIpc) is 3.01. The van der Waals surface area contributed by atoms with E-state index < -0.39 is 23.1 Å². The quantitative estimate of drug-likeness (QED) is 0.806. The Bertz CT molecular complexity index is 798. The van der Waals surface area contributed by atoms with Gasteiger partial charge in [-0.15, -0.1) is 11.3 Å². The molecular weight excluding hydrogens is 360 g/mol. The Morgan fingerprint density at radius 1 is 1.38 bits per heavy atom. The van der Waals surface area contributed by atoms with Crippen LogP contribution in [0.15, 0.2) is 23.6 Å². The highest BCUT2D eigenvalue weighted by atomic mass is 32.1. The SMILES string of the molecule is Cc1nc(CNC[C@]2(O)CCCN(Cc3ccc(F)c(F)c3)C2=O)cs1. The molecule has 0 unspecified atom stereocenters. The first-order valence-corrected chi connectivity index (χ1v) is 9.33. The summed E-state index contributed by atoms with van der Waals surface area (Å²) in [5, 5.41) is 16.8. The number of nitrogens with zero attached hydrogens (tertiary/aromatic N) is 2. The molecule has 0 radical (unpaired) electrons. The van der Waals surface area contributed by atoms with E-state index in [2.05, 4.69) is 10.3 Å². The Balaban J connectivity index is 1.61. The van der Waals surface area contributed by atoms with Gasteiger partial charge in [0.1, 0.15) is 0 Å². The molecule has 2 aromatic rings. The van der Waals surface area contributed by atoms with Gasteiger partial charge >= 0.3 is 0 Å². The number of piperidine rings is 1. The van der Waals surface area contributed by atoms with E-state index in [4.69, 9.17) is 0 Å². The molecule has 5 nitrogen and oxygen atoms in total. The number of carbonyl (C=O) groups is 1.